The van der Waals surface area contributed by atoms with Crippen LogP contribution in [-0.4, -0.2) is 22.6 Å². The van der Waals surface area contributed by atoms with Crippen molar-refractivity contribution in [1.82, 2.24) is 0 Å². The summed E-state index contributed by atoms with van der Waals surface area (Å²) in [6.45, 7) is 2.72. The Morgan fingerprint density at radius 3 is 2.62 bits per heavy atom. The Morgan fingerprint density at radius 2 is 2.12 bits per heavy atom. The quantitative estimate of drug-likeness (QED) is 0.621. The van der Waals surface area contributed by atoms with Crippen molar-refractivity contribution in [3.8, 4) is 5.75 Å². The summed E-state index contributed by atoms with van der Waals surface area (Å²) in [4.78, 5) is 20.5. The summed E-state index contributed by atoms with van der Waals surface area (Å²) in [5.74, 6) is -0.859. The molecule has 0 amide bonds. The molecule has 0 aromatic heterocycles. The van der Waals surface area contributed by atoms with Crippen LogP contribution >= 0.6 is 0 Å². The zero-order valence-electron chi connectivity index (χ0n) is 8.89. The summed E-state index contributed by atoms with van der Waals surface area (Å²) in [5.41, 5.74) is 0.932. The average Bonchev–Trinajstić information content (AvgIpc) is 2.16. The third-order valence-corrected chi connectivity index (χ3v) is 2.11. The summed E-state index contributed by atoms with van der Waals surface area (Å²) in [7, 11) is 0. The number of carbonyl (C=O) groups is 1. The number of rotatable bonds is 4. The van der Waals surface area contributed by atoms with Gasteiger partial charge in [-0.05, 0) is 25.5 Å². The van der Waals surface area contributed by atoms with Crippen molar-refractivity contribution in [1.29, 1.82) is 0 Å². The lowest BCUT2D eigenvalue weighted by Gasteiger charge is -2.10. The van der Waals surface area contributed by atoms with Gasteiger partial charge in [-0.3, -0.25) is 10.1 Å². The number of carboxylic acid groups (broad SMARTS) is 1. The van der Waals surface area contributed by atoms with Crippen LogP contribution in [0, 0.1) is 24.0 Å². The van der Waals surface area contributed by atoms with E-state index in [4.69, 9.17) is 9.84 Å². The number of nitrogens with zero attached hydrogens (tertiary/aromatic N) is 1. The minimum Gasteiger partial charge on any atom is -0.481 e. The molecule has 1 rings (SSSR count). The van der Waals surface area contributed by atoms with Gasteiger partial charge in [-0.25, -0.2) is 4.79 Å². The molecule has 6 heteroatoms. The Kier molecular flexibility index (Phi) is 3.44. The number of nitro benzene ring substituents is 1. The molecule has 6 nitrogen and oxygen atoms in total. The summed E-state index contributed by atoms with van der Waals surface area (Å²) in [5, 5.41) is 19.1. The van der Waals surface area contributed by atoms with Crippen molar-refractivity contribution in [2.75, 3.05) is 6.61 Å². The van der Waals surface area contributed by atoms with Crippen molar-refractivity contribution in [3.05, 3.63) is 33.4 Å². The minimum absolute atomic E-state index is 0.0778. The molecule has 0 spiro atoms. The highest BCUT2D eigenvalue weighted by atomic mass is 16.6. The lowest BCUT2D eigenvalue weighted by atomic mass is 10.1. The first-order valence-corrected chi connectivity index (χ1v) is 4.52. The topological polar surface area (TPSA) is 89.7 Å². The molecule has 0 fully saturated rings. The molecule has 0 radical (unpaired) electrons. The van der Waals surface area contributed by atoms with Gasteiger partial charge in [-0.2, -0.15) is 0 Å². The molecule has 0 saturated carbocycles. The fourth-order valence-corrected chi connectivity index (χ4v) is 1.37. The smallest absolute Gasteiger partial charge is 0.341 e. The van der Waals surface area contributed by atoms with Crippen LogP contribution in [0.5, 0.6) is 5.75 Å². The van der Waals surface area contributed by atoms with Crippen LogP contribution in [0.2, 0.25) is 0 Å². The summed E-state index contributed by atoms with van der Waals surface area (Å²) < 4.78 is 5.02. The van der Waals surface area contributed by atoms with E-state index in [1.807, 2.05) is 0 Å². The van der Waals surface area contributed by atoms with Gasteiger partial charge < -0.3 is 9.84 Å². The first-order chi connectivity index (χ1) is 7.43. The Balaban J connectivity index is 3.11. The number of carboxylic acids is 1. The highest BCUT2D eigenvalue weighted by Crippen LogP contribution is 2.30. The predicted molar refractivity (Wildman–Crippen MR) is 55.7 cm³/mol. The van der Waals surface area contributed by atoms with Gasteiger partial charge in [-0.1, -0.05) is 0 Å². The Labute approximate surface area is 91.6 Å². The molecule has 1 N–H and O–H groups in total. The number of aryl methyl sites for hydroxylation is 1. The van der Waals surface area contributed by atoms with Crippen LogP contribution in [-0.2, 0) is 4.79 Å². The fourth-order valence-electron chi connectivity index (χ4n) is 1.37. The third kappa shape index (κ3) is 2.47. The lowest BCUT2D eigenvalue weighted by molar-refractivity contribution is -0.385. The van der Waals surface area contributed by atoms with Crippen molar-refractivity contribution >= 4 is 11.7 Å². The molecule has 0 aliphatic heterocycles. The zero-order valence-corrected chi connectivity index (χ0v) is 8.89. The van der Waals surface area contributed by atoms with Crippen LogP contribution in [0.4, 0.5) is 5.69 Å². The number of aliphatic carboxylic acids is 1. The van der Waals surface area contributed by atoms with E-state index in [-0.39, 0.29) is 11.4 Å². The van der Waals surface area contributed by atoms with E-state index in [1.54, 1.807) is 6.92 Å². The van der Waals surface area contributed by atoms with Gasteiger partial charge in [0, 0.05) is 6.07 Å². The molecule has 0 bridgehead atoms. The van der Waals surface area contributed by atoms with E-state index >= 15 is 0 Å². The van der Waals surface area contributed by atoms with Crippen LogP contribution in [0.3, 0.4) is 0 Å². The van der Waals surface area contributed by atoms with E-state index in [1.165, 1.54) is 19.1 Å². The average molecular weight is 225 g/mol. The Bertz CT molecular complexity index is 441. The summed E-state index contributed by atoms with van der Waals surface area (Å²) >= 11 is 0. The van der Waals surface area contributed by atoms with Crippen LogP contribution in [0.25, 0.3) is 0 Å². The monoisotopic (exact) mass is 225 g/mol. The fraction of sp³-hybridized carbons (Fsp3) is 0.300. The highest BCUT2D eigenvalue weighted by Gasteiger charge is 2.17. The van der Waals surface area contributed by atoms with Crippen LogP contribution < -0.4 is 4.74 Å². The Morgan fingerprint density at radius 1 is 1.50 bits per heavy atom. The van der Waals surface area contributed by atoms with E-state index in [9.17, 15) is 14.9 Å². The van der Waals surface area contributed by atoms with E-state index in [0.717, 1.165) is 0 Å². The van der Waals surface area contributed by atoms with Gasteiger partial charge in [0.25, 0.3) is 5.69 Å². The Hall–Kier alpha value is -2.11. The van der Waals surface area contributed by atoms with Gasteiger partial charge >= 0.3 is 5.97 Å². The normalized spacial score (nSPS) is 9.88. The second kappa shape index (κ2) is 4.61. The number of ether oxygens (including phenoxy) is 1. The molecule has 0 atom stereocenters. The SMILES string of the molecule is Cc1ccc([N+](=O)[O-])c(C)c1OCC(=O)O. The largest absolute Gasteiger partial charge is 0.481 e. The van der Waals surface area contributed by atoms with Crippen LogP contribution in [0.15, 0.2) is 12.1 Å². The maximum absolute atomic E-state index is 10.7. The first-order valence-electron chi connectivity index (χ1n) is 4.52. The molecule has 0 aliphatic rings. The highest BCUT2D eigenvalue weighted by molar-refractivity contribution is 5.68. The summed E-state index contributed by atoms with van der Waals surface area (Å²) in [6, 6.07) is 2.90. The van der Waals surface area contributed by atoms with Crippen LogP contribution in [0.1, 0.15) is 11.1 Å². The second-order valence-electron chi connectivity index (χ2n) is 3.30. The molecule has 0 saturated heterocycles. The van der Waals surface area contributed by atoms with Crippen molar-refractivity contribution < 1.29 is 19.6 Å². The van der Waals surface area contributed by atoms with Crippen molar-refractivity contribution in [3.63, 3.8) is 0 Å². The van der Waals surface area contributed by atoms with E-state index in [0.29, 0.717) is 11.1 Å². The zero-order chi connectivity index (χ0) is 12.3. The first kappa shape index (κ1) is 12.0. The van der Waals surface area contributed by atoms with E-state index < -0.39 is 17.5 Å². The molecule has 1 aromatic carbocycles. The van der Waals surface area contributed by atoms with Gasteiger partial charge in [0.05, 0.1) is 10.5 Å². The molecular weight excluding hydrogens is 214 g/mol. The van der Waals surface area contributed by atoms with Crippen molar-refractivity contribution in [2.24, 2.45) is 0 Å². The minimum atomic E-state index is -1.12. The number of hydrogen-bond acceptors (Lipinski definition) is 4. The predicted octanol–water partition coefficient (Wildman–Crippen LogP) is 1.68. The molecule has 0 heterocycles. The van der Waals surface area contributed by atoms with Gasteiger partial charge in [0.1, 0.15) is 5.75 Å². The third-order valence-electron chi connectivity index (χ3n) is 2.11. The maximum atomic E-state index is 10.7. The van der Waals surface area contributed by atoms with Gasteiger partial charge in [0.2, 0.25) is 0 Å². The molecular formula is C10H11NO5. The standard InChI is InChI=1S/C10H11NO5/c1-6-3-4-8(11(14)15)7(2)10(6)16-5-9(12)13/h3-4H,5H2,1-2H3,(H,12,13). The molecule has 0 aliphatic carbocycles. The number of benzene rings is 1. The molecule has 0 unspecified atom stereocenters. The lowest BCUT2D eigenvalue weighted by Crippen LogP contribution is -2.11. The maximum Gasteiger partial charge on any atom is 0.341 e. The second-order valence-corrected chi connectivity index (χ2v) is 3.30. The van der Waals surface area contributed by atoms with Crippen molar-refractivity contribution in [2.45, 2.75) is 13.8 Å². The van der Waals surface area contributed by atoms with E-state index in [2.05, 4.69) is 0 Å². The molecule has 86 valence electrons. The number of nitro groups is 1. The molecule has 16 heavy (non-hydrogen) atoms. The summed E-state index contributed by atoms with van der Waals surface area (Å²) in [6.07, 6.45) is 0. The molecule has 1 aromatic rings. The van der Waals surface area contributed by atoms with Gasteiger partial charge in [-0.15, -0.1) is 0 Å². The number of hydrogen-bond donors (Lipinski definition) is 1. The van der Waals surface area contributed by atoms with Gasteiger partial charge in [0.15, 0.2) is 6.61 Å².